The molecule has 2 rings (SSSR count). The summed E-state index contributed by atoms with van der Waals surface area (Å²) in [5.41, 5.74) is 7.86. The van der Waals surface area contributed by atoms with Crippen LogP contribution < -0.4 is 5.73 Å². The molecule has 1 aromatic carbocycles. The van der Waals surface area contributed by atoms with Gasteiger partial charge in [0.05, 0.1) is 11.0 Å². The zero-order valence-electron chi connectivity index (χ0n) is 10.1. The maximum Gasteiger partial charge on any atom is 0.148 e. The van der Waals surface area contributed by atoms with Gasteiger partial charge >= 0.3 is 0 Å². The molecule has 0 radical (unpaired) electrons. The van der Waals surface area contributed by atoms with Gasteiger partial charge in [0.1, 0.15) is 11.3 Å². The second-order valence-electron chi connectivity index (χ2n) is 5.12. The minimum absolute atomic E-state index is 0.0141. The van der Waals surface area contributed by atoms with Crippen LogP contribution in [0.2, 0.25) is 0 Å². The van der Waals surface area contributed by atoms with Crippen LogP contribution in [0.1, 0.15) is 32.1 Å². The van der Waals surface area contributed by atoms with Gasteiger partial charge in [-0.2, -0.15) is 0 Å². The Morgan fingerprint density at radius 1 is 1.24 bits per heavy atom. The molecule has 2 aromatic rings. The van der Waals surface area contributed by atoms with Crippen molar-refractivity contribution in [2.24, 2.45) is 5.73 Å². The molecule has 1 heterocycles. The van der Waals surface area contributed by atoms with Crippen LogP contribution in [0, 0.1) is 0 Å². The fraction of sp³-hybridized carbons (Fsp3) is 0.385. The summed E-state index contributed by atoms with van der Waals surface area (Å²) in [7, 11) is 0. The molecule has 17 heavy (non-hydrogen) atoms. The van der Waals surface area contributed by atoms with Crippen LogP contribution >= 0.6 is 31.9 Å². The molecule has 4 heteroatoms. The van der Waals surface area contributed by atoms with E-state index in [0.717, 1.165) is 25.7 Å². The maximum absolute atomic E-state index is 5.87. The summed E-state index contributed by atoms with van der Waals surface area (Å²) in [6.45, 7) is 6.94. The second-order valence-corrected chi connectivity index (χ2v) is 6.89. The fourth-order valence-electron chi connectivity index (χ4n) is 2.14. The molecule has 1 aromatic heterocycles. The Hall–Kier alpha value is -0.320. The summed E-state index contributed by atoms with van der Waals surface area (Å²) < 4.78 is 7.85. The lowest BCUT2D eigenvalue weighted by molar-refractivity contribution is 0.510. The highest BCUT2D eigenvalue weighted by Gasteiger charge is 2.25. The third kappa shape index (κ3) is 2.30. The molecular formula is C13H15Br2NO. The third-order valence-electron chi connectivity index (χ3n) is 2.72. The summed E-state index contributed by atoms with van der Waals surface area (Å²) in [6.07, 6.45) is 0. The van der Waals surface area contributed by atoms with Crippen LogP contribution in [0.5, 0.6) is 0 Å². The number of furan rings is 1. The molecule has 2 nitrogen and oxygen atoms in total. The van der Waals surface area contributed by atoms with Crippen molar-refractivity contribution < 1.29 is 4.42 Å². The van der Waals surface area contributed by atoms with E-state index in [1.165, 1.54) is 5.56 Å². The number of hydrogen-bond donors (Lipinski definition) is 1. The highest BCUT2D eigenvalue weighted by atomic mass is 79.9. The molecule has 0 aliphatic rings. The van der Waals surface area contributed by atoms with Crippen molar-refractivity contribution in [3.8, 4) is 0 Å². The number of fused-ring (bicyclic) bond motifs is 1. The quantitative estimate of drug-likeness (QED) is 0.799. The molecule has 2 N–H and O–H groups in total. The Morgan fingerprint density at radius 2 is 1.88 bits per heavy atom. The molecule has 0 aliphatic carbocycles. The molecular weight excluding hydrogens is 346 g/mol. The molecule has 0 unspecified atom stereocenters. The number of rotatable bonds is 1. The van der Waals surface area contributed by atoms with Gasteiger partial charge < -0.3 is 10.2 Å². The molecule has 92 valence electrons. The number of benzene rings is 1. The van der Waals surface area contributed by atoms with Crippen LogP contribution in [0.15, 0.2) is 25.5 Å². The van der Waals surface area contributed by atoms with Crippen LogP contribution in [0.4, 0.5) is 0 Å². The molecule has 0 spiro atoms. The van der Waals surface area contributed by atoms with Crippen molar-refractivity contribution in [2.45, 2.75) is 32.7 Å². The van der Waals surface area contributed by atoms with E-state index in [-0.39, 0.29) is 5.41 Å². The van der Waals surface area contributed by atoms with Crippen molar-refractivity contribution in [1.82, 2.24) is 0 Å². The number of nitrogens with two attached hydrogens (primary N) is 1. The Bertz CT molecular complexity index is 567. The summed E-state index contributed by atoms with van der Waals surface area (Å²) in [5.74, 6) is 0.867. The lowest BCUT2D eigenvalue weighted by Crippen LogP contribution is -2.14. The molecule has 0 saturated heterocycles. The van der Waals surface area contributed by atoms with Gasteiger partial charge in [0.2, 0.25) is 0 Å². The summed E-state index contributed by atoms with van der Waals surface area (Å²) in [6, 6.07) is 4.07. The Morgan fingerprint density at radius 3 is 2.41 bits per heavy atom. The number of hydrogen-bond acceptors (Lipinski definition) is 2. The minimum atomic E-state index is 0.0141. The Labute approximate surface area is 118 Å². The highest BCUT2D eigenvalue weighted by Crippen LogP contribution is 2.39. The van der Waals surface area contributed by atoms with Crippen molar-refractivity contribution >= 4 is 42.8 Å². The highest BCUT2D eigenvalue weighted by molar-refractivity contribution is 9.11. The summed E-state index contributed by atoms with van der Waals surface area (Å²) in [5, 5.41) is 1.12. The van der Waals surface area contributed by atoms with Crippen molar-refractivity contribution in [1.29, 1.82) is 0 Å². The van der Waals surface area contributed by atoms with E-state index in [4.69, 9.17) is 10.2 Å². The average molecular weight is 361 g/mol. The van der Waals surface area contributed by atoms with Gasteiger partial charge in [-0.1, -0.05) is 36.7 Å². The van der Waals surface area contributed by atoms with E-state index in [1.54, 1.807) is 0 Å². The zero-order chi connectivity index (χ0) is 12.8. The standard InChI is InChI=1S/C13H15Br2NO/c1-13(2,3)11-8-4-7(14)5-9(15)12(8)17-10(11)6-16/h4-5H,6,16H2,1-3H3. The topological polar surface area (TPSA) is 39.2 Å². The first-order chi connectivity index (χ1) is 7.84. The summed E-state index contributed by atoms with van der Waals surface area (Å²) >= 11 is 7.04. The largest absolute Gasteiger partial charge is 0.458 e. The van der Waals surface area contributed by atoms with E-state index in [9.17, 15) is 0 Å². The third-order valence-corrected chi connectivity index (χ3v) is 3.76. The maximum atomic E-state index is 5.87. The predicted octanol–water partition coefficient (Wildman–Crippen LogP) is 4.71. The second kappa shape index (κ2) is 4.41. The van der Waals surface area contributed by atoms with Gasteiger partial charge in [-0.15, -0.1) is 0 Å². The van der Waals surface area contributed by atoms with Crippen LogP contribution in [0.25, 0.3) is 11.0 Å². The van der Waals surface area contributed by atoms with E-state index in [1.807, 2.05) is 6.07 Å². The molecule has 0 fully saturated rings. The van der Waals surface area contributed by atoms with Crippen molar-refractivity contribution in [3.05, 3.63) is 32.4 Å². The number of halogens is 2. The van der Waals surface area contributed by atoms with E-state index < -0.39 is 0 Å². The molecule has 0 saturated carbocycles. The Kier molecular flexibility index (Phi) is 3.40. The first kappa shape index (κ1) is 13.1. The first-order valence-electron chi connectivity index (χ1n) is 5.45. The van der Waals surface area contributed by atoms with Crippen molar-refractivity contribution in [3.63, 3.8) is 0 Å². The van der Waals surface area contributed by atoms with E-state index >= 15 is 0 Å². The molecule has 0 bridgehead atoms. The molecule has 0 amide bonds. The van der Waals surface area contributed by atoms with Gasteiger partial charge in [0.25, 0.3) is 0 Å². The van der Waals surface area contributed by atoms with Gasteiger partial charge in [-0.05, 0) is 33.5 Å². The average Bonchev–Trinajstić information content (AvgIpc) is 2.55. The zero-order valence-corrected chi connectivity index (χ0v) is 13.3. The predicted molar refractivity (Wildman–Crippen MR) is 78.2 cm³/mol. The lowest BCUT2D eigenvalue weighted by Gasteiger charge is -2.18. The lowest BCUT2D eigenvalue weighted by atomic mass is 9.85. The smallest absolute Gasteiger partial charge is 0.148 e. The Balaban J connectivity index is 2.88. The van der Waals surface area contributed by atoms with E-state index in [2.05, 4.69) is 58.7 Å². The fourth-order valence-corrected chi connectivity index (χ4v) is 3.45. The SMILES string of the molecule is CC(C)(C)c1c(CN)oc2c(Br)cc(Br)cc12. The summed E-state index contributed by atoms with van der Waals surface area (Å²) in [4.78, 5) is 0. The molecule has 0 atom stereocenters. The molecule has 0 aliphatic heterocycles. The van der Waals surface area contributed by atoms with Crippen molar-refractivity contribution in [2.75, 3.05) is 0 Å². The first-order valence-corrected chi connectivity index (χ1v) is 7.04. The van der Waals surface area contributed by atoms with E-state index in [0.29, 0.717) is 6.54 Å². The van der Waals surface area contributed by atoms with Gasteiger partial charge in [-0.3, -0.25) is 0 Å². The van der Waals surface area contributed by atoms with Crippen LogP contribution in [0.3, 0.4) is 0 Å². The van der Waals surface area contributed by atoms with Gasteiger partial charge in [-0.25, -0.2) is 0 Å². The normalized spacial score (nSPS) is 12.4. The van der Waals surface area contributed by atoms with Gasteiger partial charge in [0, 0.05) is 15.4 Å². The minimum Gasteiger partial charge on any atom is -0.458 e. The van der Waals surface area contributed by atoms with Crippen LogP contribution in [-0.4, -0.2) is 0 Å². The van der Waals surface area contributed by atoms with Crippen LogP contribution in [-0.2, 0) is 12.0 Å². The monoisotopic (exact) mass is 359 g/mol. The van der Waals surface area contributed by atoms with Gasteiger partial charge in [0.15, 0.2) is 0 Å².